The van der Waals surface area contributed by atoms with Crippen molar-refractivity contribution >= 4 is 37.5 Å². The highest BCUT2D eigenvalue weighted by Crippen LogP contribution is 2.25. The van der Waals surface area contributed by atoms with Crippen molar-refractivity contribution in [1.29, 1.82) is 5.26 Å². The van der Waals surface area contributed by atoms with Crippen LogP contribution in [-0.4, -0.2) is 13.4 Å². The lowest BCUT2D eigenvalue weighted by Crippen LogP contribution is -2.15. The Kier molecular flexibility index (Phi) is 4.11. The average Bonchev–Trinajstić information content (AvgIpc) is 2.42. The van der Waals surface area contributed by atoms with Crippen LogP contribution in [0.3, 0.4) is 0 Å². The molecule has 0 aliphatic rings. The molecular weight excluding hydrogens is 363 g/mol. The van der Waals surface area contributed by atoms with Gasteiger partial charge >= 0.3 is 0 Å². The molecule has 1 aromatic heterocycles. The third kappa shape index (κ3) is 3.29. The van der Waals surface area contributed by atoms with Crippen LogP contribution in [0, 0.1) is 17.1 Å². The minimum absolute atomic E-state index is 0.0343. The maximum absolute atomic E-state index is 13.2. The summed E-state index contributed by atoms with van der Waals surface area (Å²) in [5, 5.41) is 8.73. The molecule has 6 nitrogen and oxygen atoms in total. The number of nitrogens with one attached hydrogen (secondary N) is 1. The molecule has 9 heteroatoms. The summed E-state index contributed by atoms with van der Waals surface area (Å²) < 4.78 is 40.2. The Morgan fingerprint density at radius 2 is 2.10 bits per heavy atom. The highest BCUT2D eigenvalue weighted by molar-refractivity contribution is 9.10. The molecule has 0 fully saturated rings. The van der Waals surface area contributed by atoms with Crippen molar-refractivity contribution in [2.75, 3.05) is 10.5 Å². The lowest BCUT2D eigenvalue weighted by molar-refractivity contribution is 0.599. The van der Waals surface area contributed by atoms with Crippen molar-refractivity contribution < 1.29 is 12.8 Å². The number of rotatable bonds is 3. The van der Waals surface area contributed by atoms with Gasteiger partial charge in [-0.3, -0.25) is 4.72 Å². The topological polar surface area (TPSA) is 109 Å². The molecule has 1 aromatic carbocycles. The summed E-state index contributed by atoms with van der Waals surface area (Å²) in [6.07, 6.45) is 1.29. The zero-order valence-corrected chi connectivity index (χ0v) is 12.7. The summed E-state index contributed by atoms with van der Waals surface area (Å²) in [5.74, 6) is -0.754. The van der Waals surface area contributed by atoms with Crippen LogP contribution in [0.25, 0.3) is 0 Å². The quantitative estimate of drug-likeness (QED) is 0.860. The van der Waals surface area contributed by atoms with E-state index in [4.69, 9.17) is 11.0 Å². The minimum Gasteiger partial charge on any atom is -0.397 e. The van der Waals surface area contributed by atoms with Crippen LogP contribution in [0.15, 0.2) is 39.8 Å². The number of benzene rings is 1. The zero-order valence-electron chi connectivity index (χ0n) is 10.3. The summed E-state index contributed by atoms with van der Waals surface area (Å²) in [7, 11) is -4.00. The van der Waals surface area contributed by atoms with Gasteiger partial charge in [-0.2, -0.15) is 5.26 Å². The van der Waals surface area contributed by atoms with Crippen LogP contribution in [0.4, 0.5) is 15.9 Å². The molecule has 0 spiro atoms. The fourth-order valence-corrected chi connectivity index (χ4v) is 3.12. The van der Waals surface area contributed by atoms with Crippen LogP contribution in [0.2, 0.25) is 0 Å². The molecule has 0 atom stereocenters. The normalized spacial score (nSPS) is 10.9. The van der Waals surface area contributed by atoms with Gasteiger partial charge in [0.1, 0.15) is 11.9 Å². The average molecular weight is 371 g/mol. The van der Waals surface area contributed by atoms with Gasteiger partial charge in [0.25, 0.3) is 10.0 Å². The summed E-state index contributed by atoms with van der Waals surface area (Å²) in [5.41, 5.74) is 5.51. The van der Waals surface area contributed by atoms with E-state index >= 15 is 0 Å². The van der Waals surface area contributed by atoms with Crippen molar-refractivity contribution in [2.45, 2.75) is 4.90 Å². The number of nitriles is 1. The van der Waals surface area contributed by atoms with E-state index in [1.807, 2.05) is 0 Å². The van der Waals surface area contributed by atoms with Gasteiger partial charge in [0.2, 0.25) is 0 Å². The number of halogens is 2. The molecule has 1 heterocycles. The van der Waals surface area contributed by atoms with E-state index in [0.717, 1.165) is 18.2 Å². The predicted molar refractivity (Wildman–Crippen MR) is 78.3 cm³/mol. The van der Waals surface area contributed by atoms with Crippen molar-refractivity contribution in [2.24, 2.45) is 0 Å². The monoisotopic (exact) mass is 370 g/mol. The first kappa shape index (κ1) is 15.2. The predicted octanol–water partition coefficient (Wildman–Crippen LogP) is 2.24. The number of hydrogen-bond donors (Lipinski definition) is 2. The molecular formula is C12H8BrFN4O2S. The molecule has 3 N–H and O–H groups in total. The Bertz CT molecular complexity index is 849. The SMILES string of the molecule is N#Cc1cc(S(=O)(=O)Nc2ncc(N)cc2Br)ccc1F. The van der Waals surface area contributed by atoms with E-state index in [-0.39, 0.29) is 16.3 Å². The van der Waals surface area contributed by atoms with Crippen LogP contribution in [0.5, 0.6) is 0 Å². The smallest absolute Gasteiger partial charge is 0.263 e. The largest absolute Gasteiger partial charge is 0.397 e. The van der Waals surface area contributed by atoms with Gasteiger partial charge < -0.3 is 5.73 Å². The van der Waals surface area contributed by atoms with E-state index in [0.29, 0.717) is 10.2 Å². The Balaban J connectivity index is 2.41. The Morgan fingerprint density at radius 3 is 2.71 bits per heavy atom. The van der Waals surface area contributed by atoms with Crippen LogP contribution in [-0.2, 0) is 10.0 Å². The third-order valence-electron chi connectivity index (χ3n) is 2.46. The summed E-state index contributed by atoms with van der Waals surface area (Å²) >= 11 is 3.13. The second-order valence-corrected chi connectivity index (χ2v) is 6.49. The molecule has 0 amide bonds. The molecule has 0 aliphatic heterocycles. The fourth-order valence-electron chi connectivity index (χ4n) is 1.47. The number of aromatic nitrogens is 1. The minimum atomic E-state index is -4.00. The van der Waals surface area contributed by atoms with E-state index in [1.165, 1.54) is 12.3 Å². The molecule has 108 valence electrons. The van der Waals surface area contributed by atoms with E-state index < -0.39 is 15.8 Å². The summed E-state index contributed by atoms with van der Waals surface area (Å²) in [6, 6.07) is 5.99. The Labute approximate surface area is 128 Å². The molecule has 0 saturated carbocycles. The third-order valence-corrected chi connectivity index (χ3v) is 4.40. The van der Waals surface area contributed by atoms with Crippen LogP contribution >= 0.6 is 15.9 Å². The molecule has 21 heavy (non-hydrogen) atoms. The van der Waals surface area contributed by atoms with Gasteiger partial charge in [-0.25, -0.2) is 17.8 Å². The fraction of sp³-hybridized carbons (Fsp3) is 0. The van der Waals surface area contributed by atoms with E-state index in [9.17, 15) is 12.8 Å². The molecule has 2 aromatic rings. The maximum Gasteiger partial charge on any atom is 0.263 e. The Morgan fingerprint density at radius 1 is 1.38 bits per heavy atom. The first-order valence-electron chi connectivity index (χ1n) is 5.47. The first-order valence-corrected chi connectivity index (χ1v) is 7.74. The first-order chi connectivity index (χ1) is 9.83. The van der Waals surface area contributed by atoms with Crippen LogP contribution < -0.4 is 10.5 Å². The number of nitrogens with two attached hydrogens (primary N) is 1. The highest BCUT2D eigenvalue weighted by Gasteiger charge is 2.18. The van der Waals surface area contributed by atoms with Crippen LogP contribution in [0.1, 0.15) is 5.56 Å². The second-order valence-electron chi connectivity index (χ2n) is 3.96. The summed E-state index contributed by atoms with van der Waals surface area (Å²) in [6.45, 7) is 0. The number of nitrogen functional groups attached to an aromatic ring is 1. The van der Waals surface area contributed by atoms with Crippen molar-refractivity contribution in [3.8, 4) is 6.07 Å². The molecule has 0 radical (unpaired) electrons. The lowest BCUT2D eigenvalue weighted by atomic mass is 10.2. The van der Waals surface area contributed by atoms with Gasteiger partial charge in [-0.15, -0.1) is 0 Å². The van der Waals surface area contributed by atoms with Gasteiger partial charge in [-0.05, 0) is 40.2 Å². The Hall–Kier alpha value is -2.18. The maximum atomic E-state index is 13.2. The van der Waals surface area contributed by atoms with Gasteiger partial charge in [0.15, 0.2) is 5.82 Å². The van der Waals surface area contributed by atoms with Crippen molar-refractivity contribution in [3.63, 3.8) is 0 Å². The highest BCUT2D eigenvalue weighted by atomic mass is 79.9. The molecule has 0 bridgehead atoms. The molecule has 0 unspecified atom stereocenters. The van der Waals surface area contributed by atoms with E-state index in [2.05, 4.69) is 25.6 Å². The van der Waals surface area contributed by atoms with Crippen molar-refractivity contribution in [3.05, 3.63) is 46.3 Å². The summed E-state index contributed by atoms with van der Waals surface area (Å²) in [4.78, 5) is 3.60. The number of nitrogens with zero attached hydrogens (tertiary/aromatic N) is 2. The molecule has 0 aliphatic carbocycles. The van der Waals surface area contributed by atoms with Gasteiger partial charge in [0, 0.05) is 0 Å². The van der Waals surface area contributed by atoms with E-state index in [1.54, 1.807) is 6.07 Å². The molecule has 0 saturated heterocycles. The second kappa shape index (κ2) is 5.67. The van der Waals surface area contributed by atoms with Crippen molar-refractivity contribution in [1.82, 2.24) is 4.98 Å². The zero-order chi connectivity index (χ0) is 15.6. The molecule has 2 rings (SSSR count). The lowest BCUT2D eigenvalue weighted by Gasteiger charge is -2.09. The van der Waals surface area contributed by atoms with Gasteiger partial charge in [-0.1, -0.05) is 0 Å². The number of sulfonamides is 1. The van der Waals surface area contributed by atoms with Gasteiger partial charge in [0.05, 0.1) is 26.8 Å². The number of anilines is 2. The number of pyridine rings is 1. The standard InChI is InChI=1S/C12H8BrFN4O2S/c13-10-4-8(16)6-17-12(10)18-21(19,20)9-1-2-11(14)7(3-9)5-15/h1-4,6H,16H2,(H,17,18). The number of hydrogen-bond acceptors (Lipinski definition) is 5.